The van der Waals surface area contributed by atoms with Gasteiger partial charge in [-0.1, -0.05) is 35.9 Å². The number of aryl methyl sites for hydroxylation is 1. The van der Waals surface area contributed by atoms with Crippen LogP contribution in [-0.4, -0.2) is 30.4 Å². The van der Waals surface area contributed by atoms with Crippen molar-refractivity contribution >= 4 is 12.1 Å². The van der Waals surface area contributed by atoms with Gasteiger partial charge >= 0.3 is 0 Å². The number of hydrazone groups is 1. The number of para-hydroxylation sites is 1. The van der Waals surface area contributed by atoms with Crippen LogP contribution in [0.5, 0.6) is 11.5 Å². The predicted octanol–water partition coefficient (Wildman–Crippen LogP) is 1.77. The van der Waals surface area contributed by atoms with Crippen LogP contribution in [0.3, 0.4) is 0 Å². The molecule has 3 rings (SSSR count). The molecule has 0 aliphatic carbocycles. The summed E-state index contributed by atoms with van der Waals surface area (Å²) in [5, 5.41) is 13.9. The Bertz CT molecular complexity index is 805. The lowest BCUT2D eigenvalue weighted by atomic mass is 10.0. The van der Waals surface area contributed by atoms with Gasteiger partial charge in [0.05, 0.1) is 13.3 Å². The third-order valence-corrected chi connectivity index (χ3v) is 4.33. The number of benzene rings is 2. The van der Waals surface area contributed by atoms with E-state index >= 15 is 0 Å². The van der Waals surface area contributed by atoms with Crippen LogP contribution in [0.1, 0.15) is 29.2 Å². The van der Waals surface area contributed by atoms with E-state index in [1.807, 2.05) is 6.92 Å². The number of amides is 1. The van der Waals surface area contributed by atoms with Gasteiger partial charge in [0.1, 0.15) is 6.04 Å². The summed E-state index contributed by atoms with van der Waals surface area (Å²) in [4.78, 5) is 12.3. The third-order valence-electron chi connectivity index (χ3n) is 4.33. The second-order valence-electron chi connectivity index (χ2n) is 6.17. The monoisotopic (exact) mass is 354 g/mol. The fourth-order valence-corrected chi connectivity index (χ4v) is 2.80. The molecule has 1 saturated heterocycles. The van der Waals surface area contributed by atoms with Gasteiger partial charge < -0.3 is 9.84 Å². The van der Waals surface area contributed by atoms with Crippen LogP contribution in [0, 0.1) is 6.92 Å². The van der Waals surface area contributed by atoms with Gasteiger partial charge in [-0.15, -0.1) is 0 Å². The van der Waals surface area contributed by atoms with Gasteiger partial charge in [-0.25, -0.2) is 16.3 Å². The second-order valence-corrected chi connectivity index (χ2v) is 6.17. The molecular formula is C19H22N4O3. The van der Waals surface area contributed by atoms with Crippen molar-refractivity contribution in [3.63, 3.8) is 0 Å². The lowest BCUT2D eigenvalue weighted by Crippen LogP contribution is -2.41. The van der Waals surface area contributed by atoms with E-state index in [2.05, 4.69) is 45.6 Å². The molecule has 0 aromatic heterocycles. The van der Waals surface area contributed by atoms with Crippen molar-refractivity contribution < 1.29 is 14.6 Å². The van der Waals surface area contributed by atoms with Crippen molar-refractivity contribution in [3.8, 4) is 11.5 Å². The zero-order valence-corrected chi connectivity index (χ0v) is 14.7. The van der Waals surface area contributed by atoms with Crippen LogP contribution < -0.4 is 21.0 Å². The van der Waals surface area contributed by atoms with Crippen molar-refractivity contribution in [1.29, 1.82) is 0 Å². The van der Waals surface area contributed by atoms with E-state index in [0.717, 1.165) is 5.56 Å². The van der Waals surface area contributed by atoms with Crippen molar-refractivity contribution in [2.45, 2.75) is 25.4 Å². The van der Waals surface area contributed by atoms with Gasteiger partial charge in [0.2, 0.25) is 0 Å². The molecule has 1 fully saturated rings. The number of aromatic hydroxyl groups is 1. The van der Waals surface area contributed by atoms with Crippen LogP contribution >= 0.6 is 0 Å². The molecule has 4 N–H and O–H groups in total. The zero-order valence-electron chi connectivity index (χ0n) is 14.7. The quantitative estimate of drug-likeness (QED) is 0.485. The number of ether oxygens (including phenoxy) is 1. The molecule has 7 heteroatoms. The average molecular weight is 354 g/mol. The molecule has 136 valence electrons. The van der Waals surface area contributed by atoms with Gasteiger partial charge in [0.15, 0.2) is 11.5 Å². The average Bonchev–Trinajstić information content (AvgIpc) is 3.14. The molecule has 0 bridgehead atoms. The van der Waals surface area contributed by atoms with Crippen molar-refractivity contribution in [3.05, 3.63) is 59.2 Å². The largest absolute Gasteiger partial charge is 0.504 e. The molecule has 2 unspecified atom stereocenters. The van der Waals surface area contributed by atoms with E-state index in [0.29, 0.717) is 17.7 Å². The van der Waals surface area contributed by atoms with Gasteiger partial charge in [-0.05, 0) is 31.0 Å². The summed E-state index contributed by atoms with van der Waals surface area (Å²) in [5.41, 5.74) is 11.4. The van der Waals surface area contributed by atoms with Gasteiger partial charge in [0, 0.05) is 11.6 Å². The molecule has 1 amide bonds. The molecule has 0 radical (unpaired) electrons. The van der Waals surface area contributed by atoms with Gasteiger partial charge in [-0.2, -0.15) is 5.10 Å². The minimum absolute atomic E-state index is 0.0203. The van der Waals surface area contributed by atoms with Crippen molar-refractivity contribution in [1.82, 2.24) is 16.3 Å². The molecule has 2 aromatic carbocycles. The Kier molecular flexibility index (Phi) is 5.50. The number of nitrogens with one attached hydrogen (secondary N) is 3. The summed E-state index contributed by atoms with van der Waals surface area (Å²) in [6.07, 6.45) is 2.00. The number of nitrogens with zero attached hydrogens (tertiary/aromatic N) is 1. The standard InChI is InChI=1S/C19H22N4O3/c1-12-6-8-13(9-7-12)15-10-16(22-21-15)19(25)23-20-11-14-4-3-5-17(26-2)18(14)24/h3-9,11,15-16,21-22,24H,10H2,1-2H3,(H,23,25)/b20-11+. The molecule has 1 heterocycles. The van der Waals surface area contributed by atoms with Gasteiger partial charge in [-0.3, -0.25) is 4.79 Å². The normalized spacial score (nSPS) is 19.6. The maximum absolute atomic E-state index is 12.3. The summed E-state index contributed by atoms with van der Waals surface area (Å²) >= 11 is 0. The van der Waals surface area contributed by atoms with Crippen LogP contribution in [-0.2, 0) is 4.79 Å². The molecule has 0 saturated carbocycles. The summed E-state index contributed by atoms with van der Waals surface area (Å²) in [6.45, 7) is 2.04. The fraction of sp³-hybridized carbons (Fsp3) is 0.263. The maximum Gasteiger partial charge on any atom is 0.258 e. The van der Waals surface area contributed by atoms with E-state index in [1.54, 1.807) is 18.2 Å². The Morgan fingerprint density at radius 2 is 2.04 bits per heavy atom. The molecule has 2 atom stereocenters. The van der Waals surface area contributed by atoms with E-state index in [9.17, 15) is 9.90 Å². The molecular weight excluding hydrogens is 332 g/mol. The highest BCUT2D eigenvalue weighted by atomic mass is 16.5. The first-order valence-electron chi connectivity index (χ1n) is 8.35. The van der Waals surface area contributed by atoms with E-state index in [-0.39, 0.29) is 17.7 Å². The topological polar surface area (TPSA) is 95.0 Å². The van der Waals surface area contributed by atoms with E-state index in [1.165, 1.54) is 18.9 Å². The number of methoxy groups -OCH3 is 1. The lowest BCUT2D eigenvalue weighted by molar-refractivity contribution is -0.122. The highest BCUT2D eigenvalue weighted by molar-refractivity contribution is 5.87. The molecule has 26 heavy (non-hydrogen) atoms. The minimum atomic E-state index is -0.391. The van der Waals surface area contributed by atoms with Crippen molar-refractivity contribution in [2.75, 3.05) is 7.11 Å². The first-order chi connectivity index (χ1) is 12.6. The summed E-state index contributed by atoms with van der Waals surface area (Å²) < 4.78 is 5.04. The number of hydrazine groups is 1. The van der Waals surface area contributed by atoms with Crippen LogP contribution in [0.2, 0.25) is 0 Å². The molecule has 0 spiro atoms. The lowest BCUT2D eigenvalue weighted by Gasteiger charge is -2.09. The number of phenols is 1. The number of phenolic OH excluding ortho intramolecular Hbond substituents is 1. The van der Waals surface area contributed by atoms with Crippen LogP contribution in [0.25, 0.3) is 0 Å². The summed E-state index contributed by atoms with van der Waals surface area (Å²) in [7, 11) is 1.47. The van der Waals surface area contributed by atoms with Crippen LogP contribution in [0.15, 0.2) is 47.6 Å². The third kappa shape index (κ3) is 4.01. The number of carbonyl (C=O) groups is 1. The zero-order chi connectivity index (χ0) is 18.5. The maximum atomic E-state index is 12.3. The highest BCUT2D eigenvalue weighted by Gasteiger charge is 2.29. The minimum Gasteiger partial charge on any atom is -0.504 e. The molecule has 7 nitrogen and oxygen atoms in total. The number of hydrogen-bond donors (Lipinski definition) is 4. The Hall–Kier alpha value is -2.90. The van der Waals surface area contributed by atoms with Crippen molar-refractivity contribution in [2.24, 2.45) is 5.10 Å². The summed E-state index contributed by atoms with van der Waals surface area (Å²) in [6, 6.07) is 12.9. The highest BCUT2D eigenvalue weighted by Crippen LogP contribution is 2.28. The molecule has 2 aromatic rings. The fourth-order valence-electron chi connectivity index (χ4n) is 2.80. The van der Waals surface area contributed by atoms with E-state index in [4.69, 9.17) is 4.74 Å². The van der Waals surface area contributed by atoms with E-state index < -0.39 is 6.04 Å². The first-order valence-corrected chi connectivity index (χ1v) is 8.35. The van der Waals surface area contributed by atoms with Crippen LogP contribution in [0.4, 0.5) is 0 Å². The number of carbonyl (C=O) groups excluding carboxylic acids is 1. The molecule has 1 aliphatic rings. The Labute approximate surface area is 152 Å². The second kappa shape index (κ2) is 7.99. The predicted molar refractivity (Wildman–Crippen MR) is 99.0 cm³/mol. The summed E-state index contributed by atoms with van der Waals surface area (Å²) in [5.74, 6) is 0.0849. The van der Waals surface area contributed by atoms with Gasteiger partial charge in [0.25, 0.3) is 5.91 Å². The SMILES string of the molecule is COc1cccc(/C=N/NC(=O)C2CC(c3ccc(C)cc3)NN2)c1O. The number of hydrogen-bond acceptors (Lipinski definition) is 6. The Morgan fingerprint density at radius 3 is 2.77 bits per heavy atom. The number of rotatable bonds is 5. The smallest absolute Gasteiger partial charge is 0.258 e. The molecule has 1 aliphatic heterocycles. The Balaban J connectivity index is 1.57. The Morgan fingerprint density at radius 1 is 1.27 bits per heavy atom. The first kappa shape index (κ1) is 17.9.